The van der Waals surface area contributed by atoms with E-state index in [2.05, 4.69) is 12.2 Å². The SMILES string of the molecule is CCC[C@H](NC(=O)[C@H](C)OC(=O)c1ccc(OC)c(OCC)c1)c1ccccc1. The monoisotopic (exact) mass is 399 g/mol. The number of benzene rings is 2. The van der Waals surface area contributed by atoms with Gasteiger partial charge in [-0.25, -0.2) is 4.79 Å². The number of methoxy groups -OCH3 is 1. The minimum atomic E-state index is -0.928. The topological polar surface area (TPSA) is 73.9 Å². The van der Waals surface area contributed by atoms with Crippen LogP contribution in [0.25, 0.3) is 0 Å². The van der Waals surface area contributed by atoms with Crippen LogP contribution in [0.4, 0.5) is 0 Å². The summed E-state index contributed by atoms with van der Waals surface area (Å²) in [7, 11) is 1.53. The smallest absolute Gasteiger partial charge is 0.339 e. The molecule has 0 aliphatic heterocycles. The Balaban J connectivity index is 2.04. The van der Waals surface area contributed by atoms with Gasteiger partial charge >= 0.3 is 5.97 Å². The number of ether oxygens (including phenoxy) is 3. The van der Waals surface area contributed by atoms with Gasteiger partial charge in [0, 0.05) is 0 Å². The van der Waals surface area contributed by atoms with Gasteiger partial charge in [0.15, 0.2) is 17.6 Å². The highest BCUT2D eigenvalue weighted by atomic mass is 16.5. The largest absolute Gasteiger partial charge is 0.493 e. The summed E-state index contributed by atoms with van der Waals surface area (Å²) in [5.74, 6) is 0.0512. The van der Waals surface area contributed by atoms with Crippen molar-refractivity contribution in [3.63, 3.8) is 0 Å². The van der Waals surface area contributed by atoms with Crippen LogP contribution in [0.3, 0.4) is 0 Å². The maximum atomic E-state index is 12.6. The lowest BCUT2D eigenvalue weighted by Crippen LogP contribution is -2.38. The van der Waals surface area contributed by atoms with E-state index in [1.54, 1.807) is 25.1 Å². The minimum absolute atomic E-state index is 0.125. The highest BCUT2D eigenvalue weighted by molar-refractivity contribution is 5.93. The third-order valence-electron chi connectivity index (χ3n) is 4.45. The molecule has 0 heterocycles. The van der Waals surface area contributed by atoms with E-state index < -0.39 is 12.1 Å². The van der Waals surface area contributed by atoms with Gasteiger partial charge in [0.05, 0.1) is 25.3 Å². The molecule has 156 valence electrons. The van der Waals surface area contributed by atoms with Crippen LogP contribution in [0.15, 0.2) is 48.5 Å². The van der Waals surface area contributed by atoms with E-state index in [9.17, 15) is 9.59 Å². The average Bonchev–Trinajstić information content (AvgIpc) is 2.74. The summed E-state index contributed by atoms with van der Waals surface area (Å²) in [5.41, 5.74) is 1.32. The molecule has 1 amide bonds. The first kappa shape index (κ1) is 22.3. The van der Waals surface area contributed by atoms with Crippen molar-refractivity contribution in [3.05, 3.63) is 59.7 Å². The van der Waals surface area contributed by atoms with E-state index in [0.717, 1.165) is 18.4 Å². The molecule has 0 bridgehead atoms. The number of carbonyl (C=O) groups is 2. The number of carbonyl (C=O) groups excluding carboxylic acids is 2. The summed E-state index contributed by atoms with van der Waals surface area (Å²) in [6.45, 7) is 5.90. The summed E-state index contributed by atoms with van der Waals surface area (Å²) in [6, 6.07) is 14.4. The Morgan fingerprint density at radius 3 is 2.38 bits per heavy atom. The molecule has 1 N–H and O–H groups in total. The quantitative estimate of drug-likeness (QED) is 0.603. The molecule has 29 heavy (non-hydrogen) atoms. The van der Waals surface area contributed by atoms with Crippen LogP contribution >= 0.6 is 0 Å². The molecule has 6 heteroatoms. The highest BCUT2D eigenvalue weighted by Crippen LogP contribution is 2.28. The van der Waals surface area contributed by atoms with Gasteiger partial charge in [-0.2, -0.15) is 0 Å². The van der Waals surface area contributed by atoms with Crippen molar-refractivity contribution < 1.29 is 23.8 Å². The van der Waals surface area contributed by atoms with Gasteiger partial charge in [-0.3, -0.25) is 4.79 Å². The maximum Gasteiger partial charge on any atom is 0.339 e. The van der Waals surface area contributed by atoms with Crippen LogP contribution in [-0.4, -0.2) is 31.7 Å². The van der Waals surface area contributed by atoms with E-state index in [1.165, 1.54) is 7.11 Å². The second kappa shape index (κ2) is 11.1. The van der Waals surface area contributed by atoms with Crippen LogP contribution in [0.5, 0.6) is 11.5 Å². The van der Waals surface area contributed by atoms with Crippen LogP contribution in [-0.2, 0) is 9.53 Å². The molecule has 2 rings (SSSR count). The Morgan fingerprint density at radius 2 is 1.76 bits per heavy atom. The van der Waals surface area contributed by atoms with Crippen molar-refractivity contribution in [1.29, 1.82) is 0 Å². The zero-order valence-corrected chi connectivity index (χ0v) is 17.4. The number of hydrogen-bond acceptors (Lipinski definition) is 5. The number of rotatable bonds is 10. The molecule has 0 radical (unpaired) electrons. The summed E-state index contributed by atoms with van der Waals surface area (Å²) < 4.78 is 16.1. The fourth-order valence-electron chi connectivity index (χ4n) is 2.94. The van der Waals surface area contributed by atoms with Gasteiger partial charge in [-0.15, -0.1) is 0 Å². The molecule has 2 atom stereocenters. The molecule has 2 aromatic rings. The lowest BCUT2D eigenvalue weighted by molar-refractivity contribution is -0.129. The normalized spacial score (nSPS) is 12.6. The first-order chi connectivity index (χ1) is 14.0. The van der Waals surface area contributed by atoms with E-state index in [1.807, 2.05) is 37.3 Å². The first-order valence-electron chi connectivity index (χ1n) is 9.87. The molecule has 0 aromatic heterocycles. The molecule has 0 saturated heterocycles. The molecule has 0 unspecified atom stereocenters. The number of amides is 1. The fraction of sp³-hybridized carbons (Fsp3) is 0.391. The molecular formula is C23H29NO5. The minimum Gasteiger partial charge on any atom is -0.493 e. The van der Waals surface area contributed by atoms with Crippen LogP contribution < -0.4 is 14.8 Å². The van der Waals surface area contributed by atoms with Gasteiger partial charge in [0.2, 0.25) is 0 Å². The highest BCUT2D eigenvalue weighted by Gasteiger charge is 2.23. The average molecular weight is 399 g/mol. The molecule has 0 aliphatic rings. The van der Waals surface area contributed by atoms with Crippen molar-refractivity contribution in [2.45, 2.75) is 45.8 Å². The summed E-state index contributed by atoms with van der Waals surface area (Å²) in [4.78, 5) is 25.1. The third-order valence-corrected chi connectivity index (χ3v) is 4.45. The Morgan fingerprint density at radius 1 is 1.03 bits per heavy atom. The van der Waals surface area contributed by atoms with E-state index in [0.29, 0.717) is 23.7 Å². The molecule has 0 spiro atoms. The predicted octanol–water partition coefficient (Wildman–Crippen LogP) is 4.30. The number of esters is 1. The maximum absolute atomic E-state index is 12.6. The molecule has 0 fully saturated rings. The Labute approximate surface area is 172 Å². The zero-order valence-electron chi connectivity index (χ0n) is 17.4. The van der Waals surface area contributed by atoms with Crippen molar-refractivity contribution in [3.8, 4) is 11.5 Å². The van der Waals surface area contributed by atoms with E-state index in [4.69, 9.17) is 14.2 Å². The first-order valence-corrected chi connectivity index (χ1v) is 9.87. The summed E-state index contributed by atoms with van der Waals surface area (Å²) >= 11 is 0. The third kappa shape index (κ3) is 6.24. The lowest BCUT2D eigenvalue weighted by atomic mass is 10.0. The summed E-state index contributed by atoms with van der Waals surface area (Å²) in [5, 5.41) is 2.98. The van der Waals surface area contributed by atoms with Crippen molar-refractivity contribution in [2.24, 2.45) is 0 Å². The van der Waals surface area contributed by atoms with Gasteiger partial charge < -0.3 is 19.5 Å². The second-order valence-electron chi connectivity index (χ2n) is 6.61. The fourth-order valence-corrected chi connectivity index (χ4v) is 2.94. The molecule has 6 nitrogen and oxygen atoms in total. The number of hydrogen-bond donors (Lipinski definition) is 1. The Kier molecular flexibility index (Phi) is 8.52. The van der Waals surface area contributed by atoms with Crippen LogP contribution in [0.2, 0.25) is 0 Å². The summed E-state index contributed by atoms with van der Waals surface area (Å²) in [6.07, 6.45) is 0.787. The van der Waals surface area contributed by atoms with Gasteiger partial charge in [-0.1, -0.05) is 43.7 Å². The van der Waals surface area contributed by atoms with Crippen LogP contribution in [0.1, 0.15) is 55.6 Å². The molecular weight excluding hydrogens is 370 g/mol. The van der Waals surface area contributed by atoms with Crippen LogP contribution in [0, 0.1) is 0 Å². The van der Waals surface area contributed by atoms with Gasteiger partial charge in [0.25, 0.3) is 5.91 Å². The second-order valence-corrected chi connectivity index (χ2v) is 6.61. The molecule has 0 aliphatic carbocycles. The molecule has 0 saturated carbocycles. The molecule has 2 aromatic carbocycles. The van der Waals surface area contributed by atoms with Gasteiger partial charge in [-0.05, 0) is 44.0 Å². The van der Waals surface area contributed by atoms with E-state index in [-0.39, 0.29) is 11.9 Å². The van der Waals surface area contributed by atoms with Gasteiger partial charge in [0.1, 0.15) is 0 Å². The van der Waals surface area contributed by atoms with E-state index >= 15 is 0 Å². The standard InChI is InChI=1S/C23H29NO5/c1-5-10-19(17-11-8-7-9-12-17)24-22(25)16(3)29-23(26)18-13-14-20(27-4)21(15-18)28-6-2/h7-9,11-16,19H,5-6,10H2,1-4H3,(H,24,25)/t16-,19-/m0/s1. The Hall–Kier alpha value is -3.02. The zero-order chi connectivity index (χ0) is 21.2. The van der Waals surface area contributed by atoms with Crippen molar-refractivity contribution in [2.75, 3.05) is 13.7 Å². The van der Waals surface area contributed by atoms with Crippen molar-refractivity contribution in [1.82, 2.24) is 5.32 Å². The number of nitrogens with one attached hydrogen (secondary N) is 1. The van der Waals surface area contributed by atoms with Crippen molar-refractivity contribution >= 4 is 11.9 Å². The lowest BCUT2D eigenvalue weighted by Gasteiger charge is -2.21. The Bertz CT molecular complexity index is 806. The predicted molar refractivity (Wildman–Crippen MR) is 111 cm³/mol.